The van der Waals surface area contributed by atoms with E-state index in [9.17, 15) is 29.7 Å². The Labute approximate surface area is 337 Å². The number of benzene rings is 1. The van der Waals surface area contributed by atoms with Crippen molar-refractivity contribution >= 4 is 17.8 Å². The second kappa shape index (κ2) is 21.2. The smallest absolute Gasteiger partial charge is 0.306 e. The summed E-state index contributed by atoms with van der Waals surface area (Å²) >= 11 is 0. The molecule has 0 aliphatic carbocycles. The van der Waals surface area contributed by atoms with Crippen LogP contribution in [0.5, 0.6) is 0 Å². The van der Waals surface area contributed by atoms with E-state index in [0.717, 1.165) is 5.56 Å². The van der Waals surface area contributed by atoms with Crippen molar-refractivity contribution in [1.82, 2.24) is 20.4 Å². The molecule has 0 bridgehead atoms. The molecular weight excluding hydrogens is 716 g/mol. The number of carbonyl (C=O) groups is 3. The Balaban J connectivity index is 3.54. The zero-order valence-electron chi connectivity index (χ0n) is 37.4. The monoisotopic (exact) mass is 793 g/mol. The van der Waals surface area contributed by atoms with Crippen LogP contribution in [0.3, 0.4) is 0 Å². The zero-order chi connectivity index (χ0) is 43.6. The van der Waals surface area contributed by atoms with E-state index in [2.05, 4.69) is 10.6 Å². The second-order valence-electron chi connectivity index (χ2n) is 19.1. The first-order chi connectivity index (χ1) is 25.4. The molecule has 1 rings (SSSR count). The van der Waals surface area contributed by atoms with Crippen molar-refractivity contribution in [2.45, 2.75) is 176 Å². The summed E-state index contributed by atoms with van der Waals surface area (Å²) in [6, 6.07) is 6.31. The Kier molecular flexibility index (Phi) is 19.3. The summed E-state index contributed by atoms with van der Waals surface area (Å²) in [5.41, 5.74) is -1.02. The highest BCUT2D eigenvalue weighted by molar-refractivity contribution is 5.91. The SMILES string of the molecule is COC(N[C@@H](CCC(=O)OC(C)(C)C)C(O)O)/C(C)=C/[C@H](C(C)C)N(C)C(=O)[C@H](CC(C)(C)C)NC(=O)[C@@H](N(C)[C@@H](O)OC(C)(C)C)C(C)(C)c1ccccc1. The van der Waals surface area contributed by atoms with Gasteiger partial charge in [-0.1, -0.05) is 84.9 Å². The zero-order valence-corrected chi connectivity index (χ0v) is 37.4. The number of ether oxygens (including phenoxy) is 3. The first-order valence-electron chi connectivity index (χ1n) is 19.7. The van der Waals surface area contributed by atoms with Crippen LogP contribution in [0.4, 0.5) is 0 Å². The Morgan fingerprint density at radius 3 is 1.88 bits per heavy atom. The molecule has 56 heavy (non-hydrogen) atoms. The molecule has 0 saturated carbocycles. The van der Waals surface area contributed by atoms with Gasteiger partial charge in [0.05, 0.1) is 17.7 Å². The van der Waals surface area contributed by atoms with Gasteiger partial charge in [0, 0.05) is 26.0 Å². The van der Waals surface area contributed by atoms with Crippen molar-refractivity contribution in [2.75, 3.05) is 21.2 Å². The summed E-state index contributed by atoms with van der Waals surface area (Å²) in [6.07, 6.45) is -1.73. The lowest BCUT2D eigenvalue weighted by molar-refractivity contribution is -0.244. The first-order valence-corrected chi connectivity index (χ1v) is 19.7. The molecule has 2 amide bonds. The summed E-state index contributed by atoms with van der Waals surface area (Å²) in [5.74, 6) is -1.27. The number of carbonyl (C=O) groups excluding carboxylic acids is 3. The van der Waals surface area contributed by atoms with Crippen molar-refractivity contribution in [3.8, 4) is 0 Å². The molecule has 322 valence electrons. The third kappa shape index (κ3) is 16.9. The van der Waals surface area contributed by atoms with Crippen LogP contribution in [0.15, 0.2) is 42.0 Å². The van der Waals surface area contributed by atoms with Crippen molar-refractivity contribution in [3.63, 3.8) is 0 Å². The minimum atomic E-state index is -1.79. The van der Waals surface area contributed by atoms with Gasteiger partial charge in [-0.25, -0.2) is 4.90 Å². The van der Waals surface area contributed by atoms with Crippen molar-refractivity contribution in [3.05, 3.63) is 47.5 Å². The summed E-state index contributed by atoms with van der Waals surface area (Å²) < 4.78 is 17.0. The maximum absolute atomic E-state index is 14.6. The molecule has 13 nitrogen and oxygen atoms in total. The molecule has 0 saturated heterocycles. The normalized spacial score (nSPS) is 16.7. The van der Waals surface area contributed by atoms with Gasteiger partial charge in [0.15, 0.2) is 6.29 Å². The number of aliphatic hydroxyl groups is 3. The highest BCUT2D eigenvalue weighted by atomic mass is 16.6. The van der Waals surface area contributed by atoms with Gasteiger partial charge < -0.3 is 39.7 Å². The fraction of sp³-hybridized carbons (Fsp3) is 0.744. The van der Waals surface area contributed by atoms with Crippen molar-refractivity contribution in [1.29, 1.82) is 0 Å². The molecule has 1 aromatic carbocycles. The van der Waals surface area contributed by atoms with Gasteiger partial charge in [-0.15, -0.1) is 0 Å². The molecule has 6 atom stereocenters. The molecule has 13 heteroatoms. The highest BCUT2D eigenvalue weighted by Crippen LogP contribution is 2.33. The minimum absolute atomic E-state index is 0.0414. The van der Waals surface area contributed by atoms with Crippen LogP contribution in [0, 0.1) is 11.3 Å². The van der Waals surface area contributed by atoms with E-state index in [1.54, 1.807) is 39.8 Å². The van der Waals surface area contributed by atoms with E-state index in [-0.39, 0.29) is 30.1 Å². The highest BCUT2D eigenvalue weighted by Gasteiger charge is 2.44. The lowest BCUT2D eigenvalue weighted by Gasteiger charge is -2.43. The molecule has 0 aromatic heterocycles. The number of likely N-dealkylation sites (N-methyl/N-ethyl adjacent to an activating group) is 2. The van der Waals surface area contributed by atoms with E-state index in [4.69, 9.17) is 14.2 Å². The number of hydrogen-bond acceptors (Lipinski definition) is 11. The maximum atomic E-state index is 14.6. The van der Waals surface area contributed by atoms with E-state index in [0.29, 0.717) is 12.0 Å². The predicted octanol–water partition coefficient (Wildman–Crippen LogP) is 5.07. The van der Waals surface area contributed by atoms with Crippen molar-refractivity contribution in [2.24, 2.45) is 11.3 Å². The van der Waals surface area contributed by atoms with Crippen LogP contribution < -0.4 is 10.6 Å². The largest absolute Gasteiger partial charge is 0.460 e. The van der Waals surface area contributed by atoms with E-state index in [1.807, 2.05) is 113 Å². The van der Waals surface area contributed by atoms with Gasteiger partial charge in [-0.2, -0.15) is 0 Å². The van der Waals surface area contributed by atoms with Crippen LogP contribution in [-0.4, -0.2) is 118 Å². The average molecular weight is 793 g/mol. The Morgan fingerprint density at radius 1 is 0.875 bits per heavy atom. The summed E-state index contributed by atoms with van der Waals surface area (Å²) in [4.78, 5) is 44.7. The standard InChI is InChI=1S/C43H76N4O9/c1-27(2)32(25-28(3)36(54-17)45-30(38(51)52)23-24-33(48)55-41(7,8)9)46(15)37(50)31(26-40(4,5)6)44-35(49)34(47(16)39(53)56-42(10,11)12)43(13,14)29-21-19-18-20-22-29/h18-22,25,27,30-32,34,36,38-39,45,51-53H,23-24,26H2,1-17H3,(H,44,49)/b28-25+/t30-,31-,32+,34+,36?,39-/m0/s1. The maximum Gasteiger partial charge on any atom is 0.306 e. The Hall–Kier alpha value is -2.91. The van der Waals surface area contributed by atoms with Crippen LogP contribution in [0.2, 0.25) is 0 Å². The summed E-state index contributed by atoms with van der Waals surface area (Å²) in [7, 11) is 4.82. The third-order valence-corrected chi connectivity index (χ3v) is 9.46. The summed E-state index contributed by atoms with van der Waals surface area (Å²) in [5, 5.41) is 37.8. The Morgan fingerprint density at radius 2 is 1.43 bits per heavy atom. The average Bonchev–Trinajstić information content (AvgIpc) is 3.04. The molecular formula is C43H76N4O9. The first kappa shape index (κ1) is 51.1. The number of aliphatic hydroxyl groups excluding tert-OH is 2. The summed E-state index contributed by atoms with van der Waals surface area (Å²) in [6.45, 7) is 26.4. The van der Waals surface area contributed by atoms with Gasteiger partial charge >= 0.3 is 5.97 Å². The molecule has 1 unspecified atom stereocenters. The lowest BCUT2D eigenvalue weighted by Crippen LogP contribution is -2.62. The number of amides is 2. The van der Waals surface area contributed by atoms with Gasteiger partial charge in [0.2, 0.25) is 18.2 Å². The molecule has 1 aromatic rings. The molecule has 0 aliphatic rings. The lowest BCUT2D eigenvalue weighted by atomic mass is 9.76. The number of hydrogen-bond donors (Lipinski definition) is 5. The van der Waals surface area contributed by atoms with Gasteiger partial charge in [0.25, 0.3) is 0 Å². The molecule has 0 spiro atoms. The van der Waals surface area contributed by atoms with E-state index in [1.165, 1.54) is 12.0 Å². The van der Waals surface area contributed by atoms with Gasteiger partial charge in [-0.3, -0.25) is 19.7 Å². The topological polar surface area (TPSA) is 170 Å². The molecule has 5 N–H and O–H groups in total. The number of esters is 1. The fourth-order valence-electron chi connectivity index (χ4n) is 6.70. The number of methoxy groups -OCH3 is 1. The second-order valence-corrected chi connectivity index (χ2v) is 19.1. The van der Waals surface area contributed by atoms with Gasteiger partial charge in [0.1, 0.15) is 23.9 Å². The molecule has 0 fully saturated rings. The quantitative estimate of drug-likeness (QED) is 0.0679. The molecule has 0 radical (unpaired) electrons. The minimum Gasteiger partial charge on any atom is -0.460 e. The predicted molar refractivity (Wildman–Crippen MR) is 220 cm³/mol. The van der Waals surface area contributed by atoms with Crippen LogP contribution in [0.25, 0.3) is 0 Å². The van der Waals surface area contributed by atoms with Crippen LogP contribution in [-0.2, 0) is 34.0 Å². The van der Waals surface area contributed by atoms with Crippen LogP contribution >= 0.6 is 0 Å². The van der Waals surface area contributed by atoms with Crippen LogP contribution in [0.1, 0.15) is 122 Å². The van der Waals surface area contributed by atoms with Gasteiger partial charge in [-0.05, 0) is 90.8 Å². The third-order valence-electron chi connectivity index (χ3n) is 9.46. The number of nitrogens with one attached hydrogen (secondary N) is 2. The fourth-order valence-corrected chi connectivity index (χ4v) is 6.70. The Bertz CT molecular complexity index is 1410. The molecule has 0 aliphatic heterocycles. The van der Waals surface area contributed by atoms with E-state index >= 15 is 0 Å². The number of rotatable bonds is 20. The van der Waals surface area contributed by atoms with Crippen molar-refractivity contribution < 1.29 is 43.9 Å². The van der Waals surface area contributed by atoms with E-state index < -0.39 is 71.6 Å². The number of nitrogens with zero attached hydrogens (tertiary/aromatic N) is 2. The molecule has 0 heterocycles.